The highest BCUT2D eigenvalue weighted by molar-refractivity contribution is 5.87. The molecule has 0 N–H and O–H groups in total. The van der Waals surface area contributed by atoms with Crippen molar-refractivity contribution >= 4 is 5.78 Å². The summed E-state index contributed by atoms with van der Waals surface area (Å²) in [6.45, 7) is 3.36. The highest BCUT2D eigenvalue weighted by Gasteiger charge is 2.11. The van der Waals surface area contributed by atoms with E-state index in [9.17, 15) is 4.79 Å². The summed E-state index contributed by atoms with van der Waals surface area (Å²) in [6.07, 6.45) is 6.96. The SMILES string of the molecule is CC(=O)C=CCC1CCOCC1. The van der Waals surface area contributed by atoms with Crippen LogP contribution < -0.4 is 0 Å². The quantitative estimate of drug-likeness (QED) is 0.602. The molecular formula is C10H16O2. The minimum absolute atomic E-state index is 0.141. The number of hydrogen-bond acceptors (Lipinski definition) is 2. The van der Waals surface area contributed by atoms with Gasteiger partial charge in [-0.3, -0.25) is 4.79 Å². The van der Waals surface area contributed by atoms with E-state index in [2.05, 4.69) is 0 Å². The first-order chi connectivity index (χ1) is 5.79. The van der Waals surface area contributed by atoms with Crippen molar-refractivity contribution < 1.29 is 9.53 Å². The Morgan fingerprint density at radius 1 is 1.50 bits per heavy atom. The van der Waals surface area contributed by atoms with Crippen molar-refractivity contribution in [3.8, 4) is 0 Å². The van der Waals surface area contributed by atoms with Crippen molar-refractivity contribution in [2.45, 2.75) is 26.2 Å². The molecule has 0 radical (unpaired) electrons. The van der Waals surface area contributed by atoms with Gasteiger partial charge < -0.3 is 4.74 Å². The molecule has 0 spiro atoms. The van der Waals surface area contributed by atoms with E-state index in [0.29, 0.717) is 0 Å². The van der Waals surface area contributed by atoms with Gasteiger partial charge in [0, 0.05) is 13.2 Å². The predicted octanol–water partition coefficient (Wildman–Crippen LogP) is 1.95. The average molecular weight is 168 g/mol. The van der Waals surface area contributed by atoms with Crippen molar-refractivity contribution in [1.82, 2.24) is 0 Å². The Morgan fingerprint density at radius 3 is 2.75 bits per heavy atom. The second kappa shape index (κ2) is 5.09. The molecule has 1 rings (SSSR count). The highest BCUT2D eigenvalue weighted by Crippen LogP contribution is 2.18. The molecule has 0 amide bonds. The van der Waals surface area contributed by atoms with Gasteiger partial charge in [0.2, 0.25) is 0 Å². The first-order valence-electron chi connectivity index (χ1n) is 4.54. The fourth-order valence-corrected chi connectivity index (χ4v) is 1.41. The largest absolute Gasteiger partial charge is 0.381 e. The Labute approximate surface area is 73.6 Å². The standard InChI is InChI=1S/C10H16O2/c1-9(11)3-2-4-10-5-7-12-8-6-10/h2-3,10H,4-8H2,1H3. The van der Waals surface area contributed by atoms with Gasteiger partial charge in [0.05, 0.1) is 0 Å². The topological polar surface area (TPSA) is 26.3 Å². The molecule has 0 aromatic carbocycles. The monoisotopic (exact) mass is 168 g/mol. The van der Waals surface area contributed by atoms with E-state index in [-0.39, 0.29) is 5.78 Å². The van der Waals surface area contributed by atoms with Crippen LogP contribution in [0.25, 0.3) is 0 Å². The molecule has 1 heterocycles. The van der Waals surface area contributed by atoms with Gasteiger partial charge >= 0.3 is 0 Å². The van der Waals surface area contributed by atoms with E-state index in [0.717, 1.165) is 38.4 Å². The summed E-state index contributed by atoms with van der Waals surface area (Å²) in [4.78, 5) is 10.6. The third-order valence-electron chi connectivity index (χ3n) is 2.16. The van der Waals surface area contributed by atoms with Gasteiger partial charge in [-0.25, -0.2) is 0 Å². The molecule has 1 saturated heterocycles. The highest BCUT2D eigenvalue weighted by atomic mass is 16.5. The molecule has 2 heteroatoms. The van der Waals surface area contributed by atoms with Crippen molar-refractivity contribution in [3.05, 3.63) is 12.2 Å². The van der Waals surface area contributed by atoms with E-state index in [1.807, 2.05) is 6.08 Å². The summed E-state index contributed by atoms with van der Waals surface area (Å²) in [7, 11) is 0. The van der Waals surface area contributed by atoms with Crippen LogP contribution in [0.5, 0.6) is 0 Å². The number of allylic oxidation sites excluding steroid dienone is 2. The van der Waals surface area contributed by atoms with Crippen LogP contribution >= 0.6 is 0 Å². The predicted molar refractivity (Wildman–Crippen MR) is 48.0 cm³/mol. The number of ketones is 1. The van der Waals surface area contributed by atoms with Gasteiger partial charge in [0.1, 0.15) is 0 Å². The molecular weight excluding hydrogens is 152 g/mol. The van der Waals surface area contributed by atoms with Gasteiger partial charge in [-0.1, -0.05) is 6.08 Å². The lowest BCUT2D eigenvalue weighted by Crippen LogP contribution is -2.14. The molecule has 0 aromatic rings. The van der Waals surface area contributed by atoms with Crippen LogP contribution in [-0.2, 0) is 9.53 Å². The zero-order valence-corrected chi connectivity index (χ0v) is 7.58. The van der Waals surface area contributed by atoms with E-state index in [1.165, 1.54) is 0 Å². The van der Waals surface area contributed by atoms with Gasteiger partial charge in [0.25, 0.3) is 0 Å². The van der Waals surface area contributed by atoms with E-state index in [4.69, 9.17) is 4.74 Å². The van der Waals surface area contributed by atoms with Crippen LogP contribution in [0.2, 0.25) is 0 Å². The number of hydrogen-bond donors (Lipinski definition) is 0. The molecule has 0 unspecified atom stereocenters. The van der Waals surface area contributed by atoms with Crippen LogP contribution in [0.1, 0.15) is 26.2 Å². The van der Waals surface area contributed by atoms with Crippen molar-refractivity contribution in [2.24, 2.45) is 5.92 Å². The molecule has 1 fully saturated rings. The molecule has 12 heavy (non-hydrogen) atoms. The van der Waals surface area contributed by atoms with E-state index < -0.39 is 0 Å². The van der Waals surface area contributed by atoms with Crippen molar-refractivity contribution in [2.75, 3.05) is 13.2 Å². The lowest BCUT2D eigenvalue weighted by molar-refractivity contribution is -0.112. The normalized spacial score (nSPS) is 20.1. The molecule has 1 aliphatic heterocycles. The van der Waals surface area contributed by atoms with E-state index >= 15 is 0 Å². The molecule has 0 aliphatic carbocycles. The van der Waals surface area contributed by atoms with Crippen LogP contribution in [0, 0.1) is 5.92 Å². The first kappa shape index (κ1) is 9.46. The molecule has 68 valence electrons. The Morgan fingerprint density at radius 2 is 2.17 bits per heavy atom. The van der Waals surface area contributed by atoms with Crippen LogP contribution in [0.15, 0.2) is 12.2 Å². The summed E-state index contributed by atoms with van der Waals surface area (Å²) in [5.74, 6) is 0.872. The minimum Gasteiger partial charge on any atom is -0.381 e. The van der Waals surface area contributed by atoms with Gasteiger partial charge in [0.15, 0.2) is 5.78 Å². The molecule has 0 saturated carbocycles. The zero-order valence-electron chi connectivity index (χ0n) is 7.58. The van der Waals surface area contributed by atoms with Crippen LogP contribution in [-0.4, -0.2) is 19.0 Å². The zero-order chi connectivity index (χ0) is 8.81. The Kier molecular flexibility index (Phi) is 4.01. The fourth-order valence-electron chi connectivity index (χ4n) is 1.41. The van der Waals surface area contributed by atoms with Crippen molar-refractivity contribution in [3.63, 3.8) is 0 Å². The van der Waals surface area contributed by atoms with Crippen LogP contribution in [0.3, 0.4) is 0 Å². The Balaban J connectivity index is 2.17. The maximum absolute atomic E-state index is 10.6. The van der Waals surface area contributed by atoms with Gasteiger partial charge in [-0.05, 0) is 38.2 Å². The summed E-state index contributed by atoms with van der Waals surface area (Å²) in [5, 5.41) is 0. The third-order valence-corrected chi connectivity index (χ3v) is 2.16. The lowest BCUT2D eigenvalue weighted by Gasteiger charge is -2.20. The number of carbonyl (C=O) groups excluding carboxylic acids is 1. The molecule has 2 nitrogen and oxygen atoms in total. The smallest absolute Gasteiger partial charge is 0.152 e. The number of rotatable bonds is 3. The maximum Gasteiger partial charge on any atom is 0.152 e. The molecule has 0 bridgehead atoms. The second-order valence-electron chi connectivity index (χ2n) is 3.30. The summed E-state index contributed by atoms with van der Waals surface area (Å²) < 4.78 is 5.24. The third kappa shape index (κ3) is 3.67. The maximum atomic E-state index is 10.6. The molecule has 0 aromatic heterocycles. The lowest BCUT2D eigenvalue weighted by atomic mass is 9.96. The Hall–Kier alpha value is -0.630. The molecule has 1 aliphatic rings. The molecule has 0 atom stereocenters. The van der Waals surface area contributed by atoms with Crippen molar-refractivity contribution in [1.29, 1.82) is 0 Å². The van der Waals surface area contributed by atoms with Gasteiger partial charge in [-0.2, -0.15) is 0 Å². The van der Waals surface area contributed by atoms with E-state index in [1.54, 1.807) is 13.0 Å². The second-order valence-corrected chi connectivity index (χ2v) is 3.30. The fraction of sp³-hybridized carbons (Fsp3) is 0.700. The average Bonchev–Trinajstić information content (AvgIpc) is 2.05. The summed E-state index contributed by atoms with van der Waals surface area (Å²) in [5.41, 5.74) is 0. The first-order valence-corrected chi connectivity index (χ1v) is 4.54. The van der Waals surface area contributed by atoms with Gasteiger partial charge in [-0.15, -0.1) is 0 Å². The minimum atomic E-state index is 0.141. The Bertz CT molecular complexity index is 167. The number of carbonyl (C=O) groups is 1. The summed E-state index contributed by atoms with van der Waals surface area (Å²) in [6, 6.07) is 0. The number of ether oxygens (including phenoxy) is 1. The summed E-state index contributed by atoms with van der Waals surface area (Å²) >= 11 is 0. The van der Waals surface area contributed by atoms with Crippen LogP contribution in [0.4, 0.5) is 0 Å².